The summed E-state index contributed by atoms with van der Waals surface area (Å²) in [5.74, 6) is 0.442. The third kappa shape index (κ3) is 3.64. The minimum atomic E-state index is -0.630. The second kappa shape index (κ2) is 7.39. The molecule has 7 nitrogen and oxygen atoms in total. The molecule has 152 valence electrons. The summed E-state index contributed by atoms with van der Waals surface area (Å²) in [6.45, 7) is 8.98. The van der Waals surface area contributed by atoms with Crippen LogP contribution in [-0.4, -0.2) is 39.8 Å². The van der Waals surface area contributed by atoms with Crippen LogP contribution in [0.15, 0.2) is 39.5 Å². The third-order valence-corrected chi connectivity index (χ3v) is 5.41. The van der Waals surface area contributed by atoms with Gasteiger partial charge in [-0.2, -0.15) is 5.10 Å². The van der Waals surface area contributed by atoms with Crippen LogP contribution in [0.2, 0.25) is 0 Å². The van der Waals surface area contributed by atoms with Gasteiger partial charge in [0.05, 0.1) is 11.7 Å². The van der Waals surface area contributed by atoms with E-state index in [0.717, 1.165) is 28.8 Å². The van der Waals surface area contributed by atoms with Crippen molar-refractivity contribution in [3.63, 3.8) is 0 Å². The van der Waals surface area contributed by atoms with Crippen molar-refractivity contribution < 1.29 is 13.9 Å². The highest BCUT2D eigenvalue weighted by molar-refractivity contribution is 5.83. The van der Waals surface area contributed by atoms with Gasteiger partial charge in [0.1, 0.15) is 11.3 Å². The van der Waals surface area contributed by atoms with Crippen molar-refractivity contribution >= 4 is 16.9 Å². The smallest absolute Gasteiger partial charge is 0.336 e. The number of rotatable bonds is 5. The highest BCUT2D eigenvalue weighted by Gasteiger charge is 2.35. The SMILES string of the molecule is CCc1cc(=O)oc2cc(OC(C)C(=O)N3CC(n4nc(C)cc4C)C3)ccc12. The summed E-state index contributed by atoms with van der Waals surface area (Å²) < 4.78 is 13.1. The summed E-state index contributed by atoms with van der Waals surface area (Å²) in [4.78, 5) is 26.2. The van der Waals surface area contributed by atoms with E-state index in [2.05, 4.69) is 5.10 Å². The molecule has 29 heavy (non-hydrogen) atoms. The first-order valence-electron chi connectivity index (χ1n) is 9.90. The number of carbonyl (C=O) groups excluding carboxylic acids is 1. The standard InChI is InChI=1S/C22H25N3O4/c1-5-16-9-21(26)29-20-10-18(6-7-19(16)20)28-15(4)22(27)24-11-17(12-24)25-14(3)8-13(2)23-25/h6-10,15,17H,5,11-12H2,1-4H3. The maximum absolute atomic E-state index is 12.7. The number of hydrogen-bond acceptors (Lipinski definition) is 5. The number of amides is 1. The molecule has 0 aliphatic carbocycles. The van der Waals surface area contributed by atoms with E-state index in [1.165, 1.54) is 6.07 Å². The van der Waals surface area contributed by atoms with Gasteiger partial charge < -0.3 is 14.1 Å². The minimum absolute atomic E-state index is 0.0633. The first-order valence-corrected chi connectivity index (χ1v) is 9.90. The number of fused-ring (bicyclic) bond motifs is 1. The van der Waals surface area contributed by atoms with Crippen LogP contribution in [-0.2, 0) is 11.2 Å². The Morgan fingerprint density at radius 3 is 2.69 bits per heavy atom. The summed E-state index contributed by atoms with van der Waals surface area (Å²) in [5.41, 5.74) is 3.11. The molecule has 1 aliphatic rings. The molecule has 3 aromatic rings. The van der Waals surface area contributed by atoms with Crippen LogP contribution in [0.4, 0.5) is 0 Å². The lowest BCUT2D eigenvalue weighted by Gasteiger charge is -2.40. The van der Waals surface area contributed by atoms with Crippen molar-refractivity contribution in [3.05, 3.63) is 57.7 Å². The van der Waals surface area contributed by atoms with Gasteiger partial charge in [0.25, 0.3) is 5.91 Å². The van der Waals surface area contributed by atoms with E-state index >= 15 is 0 Å². The van der Waals surface area contributed by atoms with Gasteiger partial charge in [0, 0.05) is 36.3 Å². The Morgan fingerprint density at radius 1 is 1.28 bits per heavy atom. The summed E-state index contributed by atoms with van der Waals surface area (Å²) >= 11 is 0. The Hall–Kier alpha value is -3.09. The molecule has 1 unspecified atom stereocenters. The van der Waals surface area contributed by atoms with Gasteiger partial charge in [-0.3, -0.25) is 9.48 Å². The van der Waals surface area contributed by atoms with Crippen LogP contribution in [0, 0.1) is 13.8 Å². The average Bonchev–Trinajstić information content (AvgIpc) is 2.97. The first-order chi connectivity index (χ1) is 13.9. The van der Waals surface area contributed by atoms with E-state index < -0.39 is 6.10 Å². The molecule has 0 spiro atoms. The molecule has 3 heterocycles. The molecular weight excluding hydrogens is 370 g/mol. The van der Waals surface area contributed by atoms with Crippen molar-refractivity contribution in [2.45, 2.75) is 46.3 Å². The topological polar surface area (TPSA) is 77.6 Å². The molecule has 1 amide bonds. The van der Waals surface area contributed by atoms with Gasteiger partial charge in [-0.15, -0.1) is 0 Å². The van der Waals surface area contributed by atoms with E-state index in [-0.39, 0.29) is 17.6 Å². The van der Waals surface area contributed by atoms with E-state index in [1.54, 1.807) is 24.0 Å². The molecule has 1 aliphatic heterocycles. The molecule has 0 radical (unpaired) electrons. The molecule has 0 bridgehead atoms. The second-order valence-corrected chi connectivity index (χ2v) is 7.63. The zero-order valence-corrected chi connectivity index (χ0v) is 17.1. The quantitative estimate of drug-likeness (QED) is 0.621. The fraction of sp³-hybridized carbons (Fsp3) is 0.409. The Labute approximate surface area is 168 Å². The highest BCUT2D eigenvalue weighted by atomic mass is 16.5. The Morgan fingerprint density at radius 2 is 2.03 bits per heavy atom. The monoisotopic (exact) mass is 395 g/mol. The Balaban J connectivity index is 1.43. The zero-order valence-electron chi connectivity index (χ0n) is 17.1. The van der Waals surface area contributed by atoms with Crippen molar-refractivity contribution in [3.8, 4) is 5.75 Å². The number of benzene rings is 1. The summed E-state index contributed by atoms with van der Waals surface area (Å²) in [6.07, 6.45) is 0.109. The second-order valence-electron chi connectivity index (χ2n) is 7.63. The van der Waals surface area contributed by atoms with Crippen molar-refractivity contribution in [1.29, 1.82) is 0 Å². The van der Waals surface area contributed by atoms with E-state index in [0.29, 0.717) is 24.4 Å². The molecule has 4 rings (SSSR count). The number of hydrogen-bond donors (Lipinski definition) is 0. The van der Waals surface area contributed by atoms with Crippen LogP contribution in [0.25, 0.3) is 11.0 Å². The van der Waals surface area contributed by atoms with Crippen molar-refractivity contribution in [2.75, 3.05) is 13.1 Å². The third-order valence-electron chi connectivity index (χ3n) is 5.41. The average molecular weight is 395 g/mol. The van der Waals surface area contributed by atoms with Crippen molar-refractivity contribution in [2.24, 2.45) is 0 Å². The first kappa shape index (κ1) is 19.2. The summed E-state index contributed by atoms with van der Waals surface area (Å²) in [7, 11) is 0. The Bertz CT molecular complexity index is 1120. The maximum atomic E-state index is 12.7. The van der Waals surface area contributed by atoms with E-state index in [1.807, 2.05) is 37.6 Å². The fourth-order valence-electron chi connectivity index (χ4n) is 3.89. The molecule has 1 atom stereocenters. The normalized spacial score (nSPS) is 15.4. The molecule has 0 N–H and O–H groups in total. The van der Waals surface area contributed by atoms with Gasteiger partial charge in [-0.25, -0.2) is 4.79 Å². The van der Waals surface area contributed by atoms with Crippen LogP contribution < -0.4 is 10.4 Å². The Kier molecular flexibility index (Phi) is 4.90. The van der Waals surface area contributed by atoms with E-state index in [4.69, 9.17) is 9.15 Å². The predicted molar refractivity (Wildman–Crippen MR) is 109 cm³/mol. The largest absolute Gasteiger partial charge is 0.481 e. The molecule has 0 saturated carbocycles. The van der Waals surface area contributed by atoms with Gasteiger partial charge in [0.15, 0.2) is 6.10 Å². The number of aromatic nitrogens is 2. The lowest BCUT2D eigenvalue weighted by atomic mass is 10.1. The summed E-state index contributed by atoms with van der Waals surface area (Å²) in [6, 6.07) is 9.11. The zero-order chi connectivity index (χ0) is 20.7. The van der Waals surface area contributed by atoms with Gasteiger partial charge in [-0.1, -0.05) is 6.92 Å². The van der Waals surface area contributed by atoms with Crippen molar-refractivity contribution in [1.82, 2.24) is 14.7 Å². The van der Waals surface area contributed by atoms with Crippen LogP contribution in [0.3, 0.4) is 0 Å². The van der Waals surface area contributed by atoms with Crippen LogP contribution in [0.1, 0.15) is 36.8 Å². The fourth-order valence-corrected chi connectivity index (χ4v) is 3.89. The van der Waals surface area contributed by atoms with Gasteiger partial charge in [-0.05, 0) is 51.0 Å². The highest BCUT2D eigenvalue weighted by Crippen LogP contribution is 2.26. The van der Waals surface area contributed by atoms with Gasteiger partial charge in [0.2, 0.25) is 0 Å². The number of likely N-dealkylation sites (tertiary alicyclic amines) is 1. The molecule has 2 aromatic heterocycles. The minimum Gasteiger partial charge on any atom is -0.481 e. The number of ether oxygens (including phenoxy) is 1. The molecule has 7 heteroatoms. The molecule has 1 aromatic carbocycles. The van der Waals surface area contributed by atoms with Crippen LogP contribution in [0.5, 0.6) is 5.75 Å². The molecule has 1 fully saturated rings. The van der Waals surface area contributed by atoms with Crippen LogP contribution >= 0.6 is 0 Å². The van der Waals surface area contributed by atoms with Gasteiger partial charge >= 0.3 is 5.63 Å². The number of aryl methyl sites for hydroxylation is 3. The lowest BCUT2D eigenvalue weighted by Crippen LogP contribution is -2.54. The maximum Gasteiger partial charge on any atom is 0.336 e. The van der Waals surface area contributed by atoms with E-state index in [9.17, 15) is 9.59 Å². The number of nitrogens with zero attached hydrogens (tertiary/aromatic N) is 3. The number of carbonyl (C=O) groups is 1. The molecule has 1 saturated heterocycles. The molecular formula is C22H25N3O4. The lowest BCUT2D eigenvalue weighted by molar-refractivity contribution is -0.144. The predicted octanol–water partition coefficient (Wildman–Crippen LogP) is 3.02. The summed E-state index contributed by atoms with van der Waals surface area (Å²) in [5, 5.41) is 5.38.